The Balaban J connectivity index is 0.00000288. The molecule has 0 spiro atoms. The van der Waals surface area contributed by atoms with Crippen LogP contribution in [0.1, 0.15) is 51.5 Å². The van der Waals surface area contributed by atoms with Crippen LogP contribution in [0.25, 0.3) is 0 Å². The zero-order chi connectivity index (χ0) is 16.7. The van der Waals surface area contributed by atoms with Gasteiger partial charge in [0.1, 0.15) is 0 Å². The molecule has 0 saturated heterocycles. The summed E-state index contributed by atoms with van der Waals surface area (Å²) in [6.07, 6.45) is 11.4. The van der Waals surface area contributed by atoms with Crippen molar-refractivity contribution in [3.63, 3.8) is 0 Å². The maximum atomic E-state index is 4.36. The van der Waals surface area contributed by atoms with Crippen LogP contribution < -0.4 is 10.6 Å². The molecule has 2 rings (SSSR count). The fraction of sp³-hybridized carbons (Fsp3) is 0.778. The highest BCUT2D eigenvalue weighted by molar-refractivity contribution is 14.0. The van der Waals surface area contributed by atoms with E-state index in [9.17, 15) is 0 Å². The summed E-state index contributed by atoms with van der Waals surface area (Å²) in [5.74, 6) is 2.67. The standard InChI is InChI=1S/C18H33N5.HI/c1-14(2)16-7-9-17(10-8-16)22-18(19-3)20-11-5-6-15-12-21-23(4)13-15;/h12-14,16-17H,5-11H2,1-4H3,(H2,19,20,22);1H. The van der Waals surface area contributed by atoms with Gasteiger partial charge in [-0.3, -0.25) is 9.67 Å². The number of guanidine groups is 1. The van der Waals surface area contributed by atoms with Crippen LogP contribution in [0.3, 0.4) is 0 Å². The molecule has 5 nitrogen and oxygen atoms in total. The van der Waals surface area contributed by atoms with Gasteiger partial charge in [-0.05, 0) is 55.9 Å². The predicted molar refractivity (Wildman–Crippen MR) is 112 cm³/mol. The third kappa shape index (κ3) is 6.99. The number of hydrogen-bond acceptors (Lipinski definition) is 2. The van der Waals surface area contributed by atoms with E-state index in [0.29, 0.717) is 6.04 Å². The first kappa shape index (κ1) is 21.3. The highest BCUT2D eigenvalue weighted by Crippen LogP contribution is 2.29. The summed E-state index contributed by atoms with van der Waals surface area (Å²) in [6, 6.07) is 0.578. The number of nitrogens with one attached hydrogen (secondary N) is 2. The number of aliphatic imine (C=N–C) groups is 1. The van der Waals surface area contributed by atoms with Crippen molar-refractivity contribution in [3.8, 4) is 0 Å². The van der Waals surface area contributed by atoms with Crippen LogP contribution in [-0.4, -0.2) is 35.4 Å². The summed E-state index contributed by atoms with van der Waals surface area (Å²) in [7, 11) is 3.82. The lowest BCUT2D eigenvalue weighted by Crippen LogP contribution is -2.45. The minimum absolute atomic E-state index is 0. The lowest BCUT2D eigenvalue weighted by molar-refractivity contribution is 0.250. The fourth-order valence-electron chi connectivity index (χ4n) is 3.42. The van der Waals surface area contributed by atoms with Gasteiger partial charge in [-0.1, -0.05) is 13.8 Å². The summed E-state index contributed by atoms with van der Waals surface area (Å²) in [6.45, 7) is 5.64. The zero-order valence-electron chi connectivity index (χ0n) is 15.6. The van der Waals surface area contributed by atoms with Crippen molar-refractivity contribution < 1.29 is 0 Å². The van der Waals surface area contributed by atoms with Gasteiger partial charge in [-0.2, -0.15) is 5.10 Å². The Morgan fingerprint density at radius 3 is 2.58 bits per heavy atom. The lowest BCUT2D eigenvalue weighted by atomic mass is 9.80. The molecule has 2 N–H and O–H groups in total. The Hall–Kier alpha value is -0.790. The van der Waals surface area contributed by atoms with E-state index >= 15 is 0 Å². The topological polar surface area (TPSA) is 54.2 Å². The largest absolute Gasteiger partial charge is 0.356 e. The first-order chi connectivity index (χ1) is 11.1. The number of hydrogen-bond donors (Lipinski definition) is 2. The Morgan fingerprint density at radius 2 is 2.04 bits per heavy atom. The molecule has 1 aromatic heterocycles. The molecule has 1 fully saturated rings. The van der Waals surface area contributed by atoms with E-state index in [-0.39, 0.29) is 24.0 Å². The molecule has 1 aliphatic rings. The van der Waals surface area contributed by atoms with Crippen LogP contribution in [0.15, 0.2) is 17.4 Å². The van der Waals surface area contributed by atoms with Crippen LogP contribution in [0.5, 0.6) is 0 Å². The van der Waals surface area contributed by atoms with Crippen LogP contribution in [0, 0.1) is 11.8 Å². The maximum Gasteiger partial charge on any atom is 0.191 e. The van der Waals surface area contributed by atoms with Crippen LogP contribution in [0.4, 0.5) is 0 Å². The van der Waals surface area contributed by atoms with Gasteiger partial charge < -0.3 is 10.6 Å². The van der Waals surface area contributed by atoms with Gasteiger partial charge in [0, 0.05) is 32.9 Å². The molecule has 0 atom stereocenters. The van der Waals surface area contributed by atoms with Gasteiger partial charge in [0.25, 0.3) is 0 Å². The molecule has 6 heteroatoms. The normalized spacial score (nSPS) is 21.5. The van der Waals surface area contributed by atoms with E-state index in [1.165, 1.54) is 31.2 Å². The first-order valence-electron chi connectivity index (χ1n) is 9.03. The Morgan fingerprint density at radius 1 is 1.33 bits per heavy atom. The lowest BCUT2D eigenvalue weighted by Gasteiger charge is -2.32. The van der Waals surface area contributed by atoms with Crippen molar-refractivity contribution in [1.29, 1.82) is 0 Å². The molecule has 0 unspecified atom stereocenters. The van der Waals surface area contributed by atoms with Crippen LogP contribution in [-0.2, 0) is 13.5 Å². The summed E-state index contributed by atoms with van der Waals surface area (Å²) in [5.41, 5.74) is 1.30. The number of rotatable bonds is 6. The van der Waals surface area contributed by atoms with Crippen molar-refractivity contribution in [1.82, 2.24) is 20.4 Å². The second kappa shape index (κ2) is 10.9. The predicted octanol–water partition coefficient (Wildman–Crippen LogP) is 3.35. The molecule has 1 aliphatic carbocycles. The quantitative estimate of drug-likeness (QED) is 0.305. The van der Waals surface area contributed by atoms with Crippen LogP contribution in [0.2, 0.25) is 0 Å². The van der Waals surface area contributed by atoms with E-state index in [1.807, 2.05) is 25.0 Å². The minimum atomic E-state index is 0. The summed E-state index contributed by atoms with van der Waals surface area (Å²) < 4.78 is 1.86. The number of nitrogens with zero attached hydrogens (tertiary/aromatic N) is 3. The summed E-state index contributed by atoms with van der Waals surface area (Å²) in [4.78, 5) is 4.36. The average molecular weight is 447 g/mol. The number of aryl methyl sites for hydroxylation is 2. The van der Waals surface area contributed by atoms with Crippen LogP contribution >= 0.6 is 24.0 Å². The maximum absolute atomic E-state index is 4.36. The van der Waals surface area contributed by atoms with Gasteiger partial charge >= 0.3 is 0 Å². The van der Waals surface area contributed by atoms with Gasteiger partial charge in [-0.25, -0.2) is 0 Å². The van der Waals surface area contributed by atoms with Gasteiger partial charge in [-0.15, -0.1) is 24.0 Å². The van der Waals surface area contributed by atoms with E-state index < -0.39 is 0 Å². The minimum Gasteiger partial charge on any atom is -0.356 e. The Bertz CT molecular complexity index is 489. The SMILES string of the molecule is CN=C(NCCCc1cnn(C)c1)NC1CCC(C(C)C)CC1.I. The molecule has 138 valence electrons. The highest BCUT2D eigenvalue weighted by Gasteiger charge is 2.23. The molecular weight excluding hydrogens is 413 g/mol. The van der Waals surface area contributed by atoms with Gasteiger partial charge in [0.15, 0.2) is 5.96 Å². The molecule has 0 amide bonds. The summed E-state index contributed by atoms with van der Waals surface area (Å²) in [5, 5.41) is 11.2. The third-order valence-corrected chi connectivity index (χ3v) is 4.97. The molecule has 0 bridgehead atoms. The fourth-order valence-corrected chi connectivity index (χ4v) is 3.42. The Labute approximate surface area is 164 Å². The number of aromatic nitrogens is 2. The van der Waals surface area contributed by atoms with E-state index in [1.54, 1.807) is 0 Å². The molecule has 1 aromatic rings. The second-order valence-electron chi connectivity index (χ2n) is 7.12. The van der Waals surface area contributed by atoms with Crippen molar-refractivity contribution in [2.45, 2.75) is 58.4 Å². The van der Waals surface area contributed by atoms with E-state index in [4.69, 9.17) is 0 Å². The van der Waals surface area contributed by atoms with E-state index in [2.05, 4.69) is 40.8 Å². The van der Waals surface area contributed by atoms with Crippen molar-refractivity contribution >= 4 is 29.9 Å². The molecule has 1 heterocycles. The third-order valence-electron chi connectivity index (χ3n) is 4.97. The molecular formula is C18H34IN5. The molecule has 0 radical (unpaired) electrons. The van der Waals surface area contributed by atoms with Gasteiger partial charge in [0.05, 0.1) is 6.20 Å². The zero-order valence-corrected chi connectivity index (χ0v) is 17.9. The molecule has 1 saturated carbocycles. The monoisotopic (exact) mass is 447 g/mol. The Kier molecular flexibility index (Phi) is 9.69. The molecule has 0 aliphatic heterocycles. The second-order valence-corrected chi connectivity index (χ2v) is 7.12. The smallest absolute Gasteiger partial charge is 0.191 e. The molecule has 0 aromatic carbocycles. The summed E-state index contributed by atoms with van der Waals surface area (Å²) >= 11 is 0. The van der Waals surface area contributed by atoms with E-state index in [0.717, 1.165) is 37.2 Å². The molecule has 24 heavy (non-hydrogen) atoms. The number of halogens is 1. The highest BCUT2D eigenvalue weighted by atomic mass is 127. The van der Waals surface area contributed by atoms with Gasteiger partial charge in [0.2, 0.25) is 0 Å². The average Bonchev–Trinajstić information content (AvgIpc) is 2.96. The first-order valence-corrected chi connectivity index (χ1v) is 9.03. The van der Waals surface area contributed by atoms with Crippen molar-refractivity contribution in [3.05, 3.63) is 18.0 Å². The van der Waals surface area contributed by atoms with Crippen molar-refractivity contribution in [2.24, 2.45) is 23.9 Å². The van der Waals surface area contributed by atoms with Crippen molar-refractivity contribution in [2.75, 3.05) is 13.6 Å².